The zero-order chi connectivity index (χ0) is 22.1. The number of amides is 1. The van der Waals surface area contributed by atoms with Crippen molar-refractivity contribution in [1.82, 2.24) is 15.5 Å². The lowest BCUT2D eigenvalue weighted by atomic mass is 10.1. The molecular weight excluding hydrogens is 414 g/mol. The first kappa shape index (κ1) is 22.4. The van der Waals surface area contributed by atoms with Crippen molar-refractivity contribution in [3.05, 3.63) is 60.2 Å². The molecule has 0 bridgehead atoms. The Labute approximate surface area is 186 Å². The highest BCUT2D eigenvalue weighted by Gasteiger charge is 2.09. The van der Waals surface area contributed by atoms with Gasteiger partial charge in [-0.05, 0) is 48.4 Å². The first-order chi connectivity index (χ1) is 15.1. The molecule has 8 heteroatoms. The van der Waals surface area contributed by atoms with Crippen LogP contribution >= 0.6 is 11.8 Å². The number of nitrogens with one attached hydrogen (secondary N) is 1. The lowest BCUT2D eigenvalue weighted by Crippen LogP contribution is -2.27. The highest BCUT2D eigenvalue weighted by molar-refractivity contribution is 7.99. The molecular formula is C23H25N3O4S. The molecule has 0 atom stereocenters. The molecule has 7 nitrogen and oxygen atoms in total. The molecule has 0 saturated carbocycles. The van der Waals surface area contributed by atoms with E-state index in [1.165, 1.54) is 11.8 Å². The van der Waals surface area contributed by atoms with Gasteiger partial charge in [0.25, 0.3) is 0 Å². The van der Waals surface area contributed by atoms with Crippen LogP contribution in [-0.4, -0.2) is 49.7 Å². The molecule has 3 rings (SSSR count). The molecule has 0 radical (unpaired) electrons. The van der Waals surface area contributed by atoms with Gasteiger partial charge in [0.05, 0.1) is 32.8 Å². The summed E-state index contributed by atoms with van der Waals surface area (Å²) in [5.74, 6) is 2.34. The monoisotopic (exact) mass is 439 g/mol. The maximum absolute atomic E-state index is 12.1. The normalized spacial score (nSPS) is 10.4. The van der Waals surface area contributed by atoms with Crippen LogP contribution in [0.1, 0.15) is 5.56 Å². The average molecular weight is 440 g/mol. The predicted molar refractivity (Wildman–Crippen MR) is 121 cm³/mol. The largest absolute Gasteiger partial charge is 0.496 e. The first-order valence-electron chi connectivity index (χ1n) is 9.72. The summed E-state index contributed by atoms with van der Waals surface area (Å²) in [5.41, 5.74) is 2.65. The Balaban J connectivity index is 1.49. The van der Waals surface area contributed by atoms with Gasteiger partial charge in [-0.25, -0.2) is 0 Å². The molecule has 162 valence electrons. The molecule has 0 aliphatic rings. The third kappa shape index (κ3) is 6.11. The van der Waals surface area contributed by atoms with Crippen molar-refractivity contribution < 1.29 is 19.0 Å². The third-order valence-electron chi connectivity index (χ3n) is 4.58. The Morgan fingerprint density at radius 1 is 0.903 bits per heavy atom. The maximum Gasteiger partial charge on any atom is 0.230 e. The van der Waals surface area contributed by atoms with Crippen molar-refractivity contribution in [3.8, 4) is 28.5 Å². The van der Waals surface area contributed by atoms with Gasteiger partial charge in [-0.15, -0.1) is 10.2 Å². The van der Waals surface area contributed by atoms with Crippen LogP contribution < -0.4 is 19.5 Å². The Morgan fingerprint density at radius 3 is 2.39 bits per heavy atom. The minimum absolute atomic E-state index is 0.0503. The lowest BCUT2D eigenvalue weighted by Gasteiger charge is -2.09. The fraction of sp³-hybridized carbons (Fsp3) is 0.261. The zero-order valence-electron chi connectivity index (χ0n) is 17.8. The summed E-state index contributed by atoms with van der Waals surface area (Å²) in [6, 6.07) is 17.1. The third-order valence-corrected chi connectivity index (χ3v) is 5.50. The van der Waals surface area contributed by atoms with Crippen LogP contribution in [0.5, 0.6) is 17.2 Å². The summed E-state index contributed by atoms with van der Waals surface area (Å²) in [4.78, 5) is 12.1. The van der Waals surface area contributed by atoms with Gasteiger partial charge >= 0.3 is 0 Å². The molecule has 3 aromatic rings. The maximum atomic E-state index is 12.1. The molecule has 1 aromatic heterocycles. The number of benzene rings is 2. The van der Waals surface area contributed by atoms with Crippen LogP contribution in [-0.2, 0) is 11.2 Å². The van der Waals surface area contributed by atoms with Crippen molar-refractivity contribution in [1.29, 1.82) is 0 Å². The summed E-state index contributed by atoms with van der Waals surface area (Å²) in [5, 5.41) is 12.1. The molecule has 0 saturated heterocycles. The van der Waals surface area contributed by atoms with E-state index in [0.29, 0.717) is 35.2 Å². The molecule has 1 heterocycles. The standard InChI is InChI=1S/C23H25N3O4S/c1-28-19-7-5-4-6-16(19)12-13-24-22(27)15-31-23-11-9-18(25-26-23)17-8-10-20(29-2)21(14-17)30-3/h4-11,14H,12-13,15H2,1-3H3,(H,24,27). The number of hydrogen-bond donors (Lipinski definition) is 1. The number of hydrogen-bond acceptors (Lipinski definition) is 7. The fourth-order valence-corrected chi connectivity index (χ4v) is 3.63. The minimum atomic E-state index is -0.0503. The second-order valence-electron chi connectivity index (χ2n) is 6.53. The second-order valence-corrected chi connectivity index (χ2v) is 7.52. The quantitative estimate of drug-likeness (QED) is 0.483. The van der Waals surface area contributed by atoms with Crippen molar-refractivity contribution in [2.45, 2.75) is 11.4 Å². The molecule has 31 heavy (non-hydrogen) atoms. The molecule has 0 aliphatic carbocycles. The number of methoxy groups -OCH3 is 3. The SMILES string of the molecule is COc1ccccc1CCNC(=O)CSc1ccc(-c2ccc(OC)c(OC)c2)nn1. The summed E-state index contributed by atoms with van der Waals surface area (Å²) in [6.07, 6.45) is 0.709. The van der Waals surface area contributed by atoms with E-state index < -0.39 is 0 Å². The number of para-hydroxylation sites is 1. The number of ether oxygens (including phenoxy) is 3. The van der Waals surface area contributed by atoms with Crippen molar-refractivity contribution in [2.75, 3.05) is 33.6 Å². The van der Waals surface area contributed by atoms with Crippen LogP contribution in [0.2, 0.25) is 0 Å². The molecule has 0 aliphatic heterocycles. The van der Waals surface area contributed by atoms with Crippen LogP contribution in [0.15, 0.2) is 59.6 Å². The van der Waals surface area contributed by atoms with E-state index in [1.807, 2.05) is 54.6 Å². The van der Waals surface area contributed by atoms with E-state index in [-0.39, 0.29) is 11.7 Å². The highest BCUT2D eigenvalue weighted by atomic mass is 32.2. The topological polar surface area (TPSA) is 82.6 Å². The summed E-state index contributed by atoms with van der Waals surface area (Å²) >= 11 is 1.35. The number of thioether (sulfide) groups is 1. The van der Waals surface area contributed by atoms with Gasteiger partial charge in [0.15, 0.2) is 11.5 Å². The van der Waals surface area contributed by atoms with E-state index in [1.54, 1.807) is 21.3 Å². The van der Waals surface area contributed by atoms with Crippen LogP contribution in [0.4, 0.5) is 0 Å². The minimum Gasteiger partial charge on any atom is -0.496 e. The van der Waals surface area contributed by atoms with Crippen LogP contribution in [0, 0.1) is 0 Å². The Hall–Kier alpha value is -3.26. The Kier molecular flexibility index (Phi) is 8.12. The first-order valence-corrected chi connectivity index (χ1v) is 10.7. The van der Waals surface area contributed by atoms with E-state index >= 15 is 0 Å². The Morgan fingerprint density at radius 2 is 1.68 bits per heavy atom. The Bertz CT molecular complexity index is 1010. The van der Waals surface area contributed by atoms with Gasteiger partial charge < -0.3 is 19.5 Å². The van der Waals surface area contributed by atoms with E-state index in [9.17, 15) is 4.79 Å². The van der Waals surface area contributed by atoms with E-state index in [4.69, 9.17) is 14.2 Å². The zero-order valence-corrected chi connectivity index (χ0v) is 18.6. The van der Waals surface area contributed by atoms with Gasteiger partial charge in [-0.3, -0.25) is 4.79 Å². The molecule has 0 unspecified atom stereocenters. The molecule has 1 amide bonds. The summed E-state index contributed by atoms with van der Waals surface area (Å²) in [6.45, 7) is 0.545. The van der Waals surface area contributed by atoms with Crippen molar-refractivity contribution >= 4 is 17.7 Å². The smallest absolute Gasteiger partial charge is 0.230 e. The number of carbonyl (C=O) groups is 1. The summed E-state index contributed by atoms with van der Waals surface area (Å²) < 4.78 is 15.9. The number of carbonyl (C=O) groups excluding carboxylic acids is 1. The molecule has 0 fully saturated rings. The predicted octanol–water partition coefficient (Wildman–Crippen LogP) is 3.62. The number of rotatable bonds is 10. The van der Waals surface area contributed by atoms with Gasteiger partial charge in [0, 0.05) is 12.1 Å². The molecule has 2 aromatic carbocycles. The second kappa shape index (κ2) is 11.2. The van der Waals surface area contributed by atoms with E-state index in [0.717, 1.165) is 16.9 Å². The van der Waals surface area contributed by atoms with Crippen LogP contribution in [0.3, 0.4) is 0 Å². The lowest BCUT2D eigenvalue weighted by molar-refractivity contribution is -0.118. The van der Waals surface area contributed by atoms with Gasteiger partial charge in [0.2, 0.25) is 5.91 Å². The van der Waals surface area contributed by atoms with Gasteiger partial charge in [0.1, 0.15) is 10.8 Å². The van der Waals surface area contributed by atoms with E-state index in [2.05, 4.69) is 15.5 Å². The average Bonchev–Trinajstić information content (AvgIpc) is 2.83. The number of nitrogens with zero attached hydrogens (tertiary/aromatic N) is 2. The highest BCUT2D eigenvalue weighted by Crippen LogP contribution is 2.31. The summed E-state index contributed by atoms with van der Waals surface area (Å²) in [7, 11) is 4.83. The van der Waals surface area contributed by atoms with Crippen molar-refractivity contribution in [2.24, 2.45) is 0 Å². The molecule has 1 N–H and O–H groups in total. The molecule has 0 spiro atoms. The number of aromatic nitrogens is 2. The fourth-order valence-electron chi connectivity index (χ4n) is 2.98. The van der Waals surface area contributed by atoms with Gasteiger partial charge in [-0.1, -0.05) is 30.0 Å². The van der Waals surface area contributed by atoms with Gasteiger partial charge in [-0.2, -0.15) is 0 Å². The van der Waals surface area contributed by atoms with Crippen molar-refractivity contribution in [3.63, 3.8) is 0 Å². The van der Waals surface area contributed by atoms with Crippen LogP contribution in [0.25, 0.3) is 11.3 Å².